The van der Waals surface area contributed by atoms with Crippen molar-refractivity contribution >= 4 is 39.2 Å². The third-order valence-corrected chi connectivity index (χ3v) is 4.92. The van der Waals surface area contributed by atoms with Gasteiger partial charge in [-0.3, -0.25) is 9.59 Å². The number of carbonyl (C=O) groups excluding carboxylic acids is 1. The Bertz CT molecular complexity index is 643. The molecular formula is C15H21NO5S2. The van der Waals surface area contributed by atoms with E-state index < -0.39 is 15.8 Å². The fraction of sp³-hybridized carbons (Fsp3) is 0.467. The summed E-state index contributed by atoms with van der Waals surface area (Å²) in [6.45, 7) is 0. The molecule has 1 aromatic rings. The molecular weight excluding hydrogens is 338 g/mol. The quantitative estimate of drug-likeness (QED) is 0.621. The van der Waals surface area contributed by atoms with E-state index in [0.717, 1.165) is 11.8 Å². The molecule has 0 saturated carbocycles. The minimum atomic E-state index is -3.04. The first kappa shape index (κ1) is 19.5. The molecule has 0 aromatic heterocycles. The number of rotatable bonds is 10. The van der Waals surface area contributed by atoms with E-state index in [-0.39, 0.29) is 24.5 Å². The molecule has 0 aliphatic carbocycles. The highest BCUT2D eigenvalue weighted by Gasteiger charge is 2.07. The lowest BCUT2D eigenvalue weighted by molar-refractivity contribution is -0.136. The summed E-state index contributed by atoms with van der Waals surface area (Å²) in [5, 5.41) is 11.3. The molecule has 6 nitrogen and oxygen atoms in total. The number of carboxylic acid groups (broad SMARTS) is 1. The number of thioether (sulfide) groups is 1. The molecule has 1 aromatic carbocycles. The number of nitrogens with one attached hydrogen (secondary N) is 1. The van der Waals surface area contributed by atoms with Crippen molar-refractivity contribution in [1.82, 2.24) is 0 Å². The van der Waals surface area contributed by atoms with E-state index in [9.17, 15) is 18.0 Å². The van der Waals surface area contributed by atoms with Crippen LogP contribution in [0.25, 0.3) is 0 Å². The zero-order valence-corrected chi connectivity index (χ0v) is 14.6. The molecule has 0 heterocycles. The monoisotopic (exact) mass is 359 g/mol. The Morgan fingerprint density at radius 3 is 2.65 bits per heavy atom. The molecule has 0 saturated heterocycles. The number of anilines is 1. The molecule has 1 amide bonds. The fourth-order valence-corrected chi connectivity index (χ4v) is 3.35. The Labute approximate surface area is 140 Å². The molecule has 8 heteroatoms. The summed E-state index contributed by atoms with van der Waals surface area (Å²) in [6.07, 6.45) is 1.73. The van der Waals surface area contributed by atoms with Crippen LogP contribution >= 0.6 is 11.8 Å². The third-order valence-electron chi connectivity index (χ3n) is 2.86. The first-order chi connectivity index (χ1) is 10.8. The Morgan fingerprint density at radius 1 is 1.26 bits per heavy atom. The van der Waals surface area contributed by atoms with E-state index in [2.05, 4.69) is 5.32 Å². The van der Waals surface area contributed by atoms with Crippen LogP contribution in [0.1, 0.15) is 24.8 Å². The molecule has 0 aliphatic rings. The van der Waals surface area contributed by atoms with Gasteiger partial charge in [-0.05, 0) is 24.1 Å². The van der Waals surface area contributed by atoms with Gasteiger partial charge >= 0.3 is 5.97 Å². The second-order valence-corrected chi connectivity index (χ2v) is 8.54. The van der Waals surface area contributed by atoms with Gasteiger partial charge in [0.05, 0.1) is 12.2 Å². The van der Waals surface area contributed by atoms with Gasteiger partial charge in [-0.2, -0.15) is 11.8 Å². The lowest BCUT2D eigenvalue weighted by Crippen LogP contribution is -2.13. The number of benzene rings is 1. The summed E-state index contributed by atoms with van der Waals surface area (Å²) in [5.41, 5.74) is 1.65. The van der Waals surface area contributed by atoms with Crippen molar-refractivity contribution in [3.8, 4) is 0 Å². The van der Waals surface area contributed by atoms with Crippen molar-refractivity contribution < 1.29 is 23.1 Å². The van der Waals surface area contributed by atoms with Crippen LogP contribution in [0.3, 0.4) is 0 Å². The SMILES string of the molecule is CS(=O)(=O)CCCC(=O)Nc1cccc(CSCCC(=O)O)c1. The van der Waals surface area contributed by atoms with Gasteiger partial charge in [0.1, 0.15) is 9.84 Å². The molecule has 23 heavy (non-hydrogen) atoms. The molecule has 1 rings (SSSR count). The second kappa shape index (κ2) is 9.57. The van der Waals surface area contributed by atoms with Crippen molar-refractivity contribution in [2.75, 3.05) is 23.1 Å². The number of hydrogen-bond donors (Lipinski definition) is 2. The predicted molar refractivity (Wildman–Crippen MR) is 92.4 cm³/mol. The maximum Gasteiger partial charge on any atom is 0.304 e. The smallest absolute Gasteiger partial charge is 0.304 e. The van der Waals surface area contributed by atoms with E-state index in [1.807, 2.05) is 18.2 Å². The van der Waals surface area contributed by atoms with Gasteiger partial charge in [0, 0.05) is 29.9 Å². The molecule has 0 bridgehead atoms. The average molecular weight is 359 g/mol. The Kier molecular flexibility index (Phi) is 8.11. The molecule has 0 aliphatic heterocycles. The molecule has 0 fully saturated rings. The van der Waals surface area contributed by atoms with Crippen molar-refractivity contribution in [2.45, 2.75) is 25.0 Å². The number of aliphatic carboxylic acids is 1. The van der Waals surface area contributed by atoms with E-state index in [1.54, 1.807) is 6.07 Å². The van der Waals surface area contributed by atoms with Gasteiger partial charge in [0.2, 0.25) is 5.91 Å². The number of sulfone groups is 1. The van der Waals surface area contributed by atoms with Crippen LogP contribution in [-0.2, 0) is 25.2 Å². The summed E-state index contributed by atoms with van der Waals surface area (Å²) in [7, 11) is -3.04. The van der Waals surface area contributed by atoms with Gasteiger partial charge in [0.25, 0.3) is 0 Å². The molecule has 2 N–H and O–H groups in total. The Balaban J connectivity index is 2.40. The fourth-order valence-electron chi connectivity index (χ4n) is 1.81. The van der Waals surface area contributed by atoms with Crippen LogP contribution < -0.4 is 5.32 Å². The minimum Gasteiger partial charge on any atom is -0.481 e. The zero-order chi connectivity index (χ0) is 17.3. The molecule has 0 spiro atoms. The van der Waals surface area contributed by atoms with Crippen LogP contribution in [-0.4, -0.2) is 43.2 Å². The number of carboxylic acids is 1. The van der Waals surface area contributed by atoms with Gasteiger partial charge in [-0.25, -0.2) is 8.42 Å². The van der Waals surface area contributed by atoms with Crippen molar-refractivity contribution in [3.05, 3.63) is 29.8 Å². The van der Waals surface area contributed by atoms with Gasteiger partial charge < -0.3 is 10.4 Å². The van der Waals surface area contributed by atoms with Crippen LogP contribution in [0.5, 0.6) is 0 Å². The standard InChI is InChI=1S/C15H21NO5S2/c1-23(20,21)9-3-6-14(17)16-13-5-2-4-12(10-13)11-22-8-7-15(18)19/h2,4-5,10H,3,6-9,11H2,1H3,(H,16,17)(H,18,19). The van der Waals surface area contributed by atoms with E-state index in [0.29, 0.717) is 23.6 Å². The van der Waals surface area contributed by atoms with Crippen LogP contribution in [0.4, 0.5) is 5.69 Å². The number of hydrogen-bond acceptors (Lipinski definition) is 5. The average Bonchev–Trinajstić information content (AvgIpc) is 2.42. The summed E-state index contributed by atoms with van der Waals surface area (Å²) in [5.74, 6) is 0.181. The lowest BCUT2D eigenvalue weighted by Gasteiger charge is -2.07. The van der Waals surface area contributed by atoms with Crippen LogP contribution in [0, 0.1) is 0 Å². The van der Waals surface area contributed by atoms with Crippen molar-refractivity contribution in [3.63, 3.8) is 0 Å². The lowest BCUT2D eigenvalue weighted by atomic mass is 10.2. The predicted octanol–water partition coefficient (Wildman–Crippen LogP) is 2.16. The maximum atomic E-state index is 11.8. The van der Waals surface area contributed by atoms with Crippen LogP contribution in [0.15, 0.2) is 24.3 Å². The first-order valence-electron chi connectivity index (χ1n) is 7.12. The maximum absolute atomic E-state index is 11.8. The van der Waals surface area contributed by atoms with Gasteiger partial charge in [0.15, 0.2) is 0 Å². The first-order valence-corrected chi connectivity index (χ1v) is 10.3. The van der Waals surface area contributed by atoms with E-state index in [1.165, 1.54) is 11.8 Å². The molecule has 128 valence electrons. The van der Waals surface area contributed by atoms with Gasteiger partial charge in [-0.1, -0.05) is 12.1 Å². The Hall–Kier alpha value is -1.54. The normalized spacial score (nSPS) is 11.2. The highest BCUT2D eigenvalue weighted by atomic mass is 32.2. The van der Waals surface area contributed by atoms with Crippen LogP contribution in [0.2, 0.25) is 0 Å². The molecule has 0 atom stereocenters. The summed E-state index contributed by atoms with van der Waals surface area (Å²) in [4.78, 5) is 22.2. The highest BCUT2D eigenvalue weighted by molar-refractivity contribution is 7.98. The molecule has 0 unspecified atom stereocenters. The van der Waals surface area contributed by atoms with Gasteiger partial charge in [-0.15, -0.1) is 0 Å². The minimum absolute atomic E-state index is 0.000672. The van der Waals surface area contributed by atoms with E-state index in [4.69, 9.17) is 5.11 Å². The van der Waals surface area contributed by atoms with Crippen molar-refractivity contribution in [2.24, 2.45) is 0 Å². The number of carbonyl (C=O) groups is 2. The van der Waals surface area contributed by atoms with Crippen molar-refractivity contribution in [1.29, 1.82) is 0 Å². The largest absolute Gasteiger partial charge is 0.481 e. The third kappa shape index (κ3) is 9.96. The second-order valence-electron chi connectivity index (χ2n) is 5.18. The Morgan fingerprint density at radius 2 is 2.00 bits per heavy atom. The topological polar surface area (TPSA) is 101 Å². The summed E-state index contributed by atoms with van der Waals surface area (Å²) in [6, 6.07) is 7.33. The molecule has 0 radical (unpaired) electrons. The zero-order valence-electron chi connectivity index (χ0n) is 12.9. The summed E-state index contributed by atoms with van der Waals surface area (Å²) < 4.78 is 22.0. The highest BCUT2D eigenvalue weighted by Crippen LogP contribution is 2.17. The number of amides is 1. The van der Waals surface area contributed by atoms with E-state index >= 15 is 0 Å². The summed E-state index contributed by atoms with van der Waals surface area (Å²) >= 11 is 1.52.